The molecule has 2 bridgehead atoms. The molecule has 3 fully saturated rings. The van der Waals surface area contributed by atoms with Crippen LogP contribution in [-0.2, 0) is 17.7 Å². The molecule has 3 aliphatic heterocycles. The van der Waals surface area contributed by atoms with Gasteiger partial charge in [-0.2, -0.15) is 13.5 Å². The Hall–Kier alpha value is -4.72. The molecule has 0 saturated carbocycles. The molecule has 54 heavy (non-hydrogen) atoms. The zero-order chi connectivity index (χ0) is 38.7. The minimum atomic E-state index is -3.15. The summed E-state index contributed by atoms with van der Waals surface area (Å²) < 4.78 is 59.1. The lowest BCUT2D eigenvalue weighted by molar-refractivity contribution is -0.605. The number of anilines is 1. The molecule has 3 aliphatic rings. The fraction of sp³-hybridized carbons (Fsp3) is 0.359. The Balaban J connectivity index is 1.45. The van der Waals surface area contributed by atoms with E-state index in [0.717, 1.165) is 38.3 Å². The minimum absolute atomic E-state index is 0.00746. The Morgan fingerprint density at radius 1 is 1.00 bits per heavy atom. The molecular formula is C39H38Cl2F3N3O7. The zero-order valence-electron chi connectivity index (χ0n) is 29.4. The molecule has 0 radical (unpaired) electrons. The van der Waals surface area contributed by atoms with Crippen molar-refractivity contribution in [3.8, 4) is 11.5 Å². The van der Waals surface area contributed by atoms with Gasteiger partial charge in [0.2, 0.25) is 0 Å². The Bertz CT molecular complexity index is 1990. The van der Waals surface area contributed by atoms with Crippen LogP contribution in [0.3, 0.4) is 0 Å². The SMILES string of the molecule is CC(C)Oc1cc([C@H](Cc2c(Cl)c[n+]([O-])cc2Cl)c2cc(CN(C(=O)O[C@H]3CN4CCC3CC4)c3ccccc3F)ccc2C(=O)O)ccc1OC(F)F. The fourth-order valence-corrected chi connectivity index (χ4v) is 7.75. The number of carbonyl (C=O) groups excluding carboxylic acids is 1. The second-order valence-electron chi connectivity index (χ2n) is 13.6. The number of carbonyl (C=O) groups is 2. The van der Waals surface area contributed by atoms with Crippen LogP contribution < -0.4 is 19.1 Å². The number of para-hydroxylation sites is 1. The van der Waals surface area contributed by atoms with Crippen LogP contribution in [0.4, 0.5) is 23.7 Å². The molecule has 0 aliphatic carbocycles. The topological polar surface area (TPSA) is 115 Å². The van der Waals surface area contributed by atoms with E-state index >= 15 is 4.39 Å². The van der Waals surface area contributed by atoms with Crippen molar-refractivity contribution in [1.82, 2.24) is 4.90 Å². The van der Waals surface area contributed by atoms with E-state index in [1.54, 1.807) is 26.0 Å². The van der Waals surface area contributed by atoms with Crippen LogP contribution in [-0.4, -0.2) is 60.5 Å². The number of piperidine rings is 3. The van der Waals surface area contributed by atoms with E-state index in [1.807, 2.05) is 0 Å². The number of aromatic carboxylic acids is 1. The maximum absolute atomic E-state index is 15.4. The summed E-state index contributed by atoms with van der Waals surface area (Å²) in [6.45, 7) is 2.50. The highest BCUT2D eigenvalue weighted by atomic mass is 35.5. The van der Waals surface area contributed by atoms with Crippen molar-refractivity contribution in [2.24, 2.45) is 5.92 Å². The maximum Gasteiger partial charge on any atom is 0.415 e. The predicted octanol–water partition coefficient (Wildman–Crippen LogP) is 8.46. The molecule has 4 aromatic rings. The Labute approximate surface area is 320 Å². The molecule has 3 aromatic carbocycles. The van der Waals surface area contributed by atoms with Crippen molar-refractivity contribution >= 4 is 41.0 Å². The zero-order valence-corrected chi connectivity index (χ0v) is 30.9. The minimum Gasteiger partial charge on any atom is -0.619 e. The number of carboxylic acids is 1. The van der Waals surface area contributed by atoms with E-state index < -0.39 is 36.5 Å². The average molecular weight is 789 g/mol. The second-order valence-corrected chi connectivity index (χ2v) is 14.4. The van der Waals surface area contributed by atoms with Gasteiger partial charge in [0, 0.05) is 18.0 Å². The molecular weight excluding hydrogens is 750 g/mol. The Morgan fingerprint density at radius 2 is 1.70 bits per heavy atom. The predicted molar refractivity (Wildman–Crippen MR) is 195 cm³/mol. The van der Waals surface area contributed by atoms with Gasteiger partial charge < -0.3 is 24.5 Å². The third-order valence-corrected chi connectivity index (χ3v) is 10.3. The quantitative estimate of drug-likeness (QED) is 0.106. The van der Waals surface area contributed by atoms with Crippen LogP contribution in [0.15, 0.2) is 73.1 Å². The lowest BCUT2D eigenvalue weighted by Crippen LogP contribution is -2.53. The van der Waals surface area contributed by atoms with Crippen molar-refractivity contribution in [2.75, 3.05) is 24.5 Å². The summed E-state index contributed by atoms with van der Waals surface area (Å²) in [5.74, 6) is -2.91. The summed E-state index contributed by atoms with van der Waals surface area (Å²) in [6.07, 6.45) is 2.37. The number of hydrogen-bond donors (Lipinski definition) is 1. The van der Waals surface area contributed by atoms with Crippen molar-refractivity contribution in [3.63, 3.8) is 0 Å². The summed E-state index contributed by atoms with van der Waals surface area (Å²) >= 11 is 13.0. The first-order valence-corrected chi connectivity index (χ1v) is 18.2. The second kappa shape index (κ2) is 16.7. The van der Waals surface area contributed by atoms with E-state index in [2.05, 4.69) is 4.90 Å². The van der Waals surface area contributed by atoms with Gasteiger partial charge in [-0.3, -0.25) is 9.80 Å². The normalized spacial score (nSPS) is 18.4. The van der Waals surface area contributed by atoms with Crippen LogP contribution in [0, 0.1) is 16.9 Å². The highest BCUT2D eigenvalue weighted by Crippen LogP contribution is 2.40. The van der Waals surface area contributed by atoms with Crippen molar-refractivity contribution in [1.29, 1.82) is 0 Å². The van der Waals surface area contributed by atoms with Gasteiger partial charge in [0.25, 0.3) is 0 Å². The van der Waals surface area contributed by atoms with Crippen LogP contribution in [0.5, 0.6) is 11.5 Å². The first-order chi connectivity index (χ1) is 25.8. The highest BCUT2D eigenvalue weighted by Gasteiger charge is 2.38. The largest absolute Gasteiger partial charge is 0.619 e. The van der Waals surface area contributed by atoms with Gasteiger partial charge in [-0.15, -0.1) is 0 Å². The van der Waals surface area contributed by atoms with Crippen LogP contribution in [0.1, 0.15) is 65.2 Å². The number of carboxylic acid groups (broad SMARTS) is 1. The summed E-state index contributed by atoms with van der Waals surface area (Å²) in [5, 5.41) is 22.6. The maximum atomic E-state index is 15.4. The summed E-state index contributed by atoms with van der Waals surface area (Å²) in [4.78, 5) is 30.1. The van der Waals surface area contributed by atoms with Crippen molar-refractivity contribution in [3.05, 3.63) is 122 Å². The molecule has 1 N–H and O–H groups in total. The van der Waals surface area contributed by atoms with Gasteiger partial charge in [-0.05, 0) is 99.1 Å². The first-order valence-electron chi connectivity index (χ1n) is 17.4. The van der Waals surface area contributed by atoms with Gasteiger partial charge in [0.05, 0.1) is 23.9 Å². The van der Waals surface area contributed by atoms with Gasteiger partial charge in [0.1, 0.15) is 22.0 Å². The van der Waals surface area contributed by atoms with E-state index in [4.69, 9.17) is 37.4 Å². The molecule has 0 unspecified atom stereocenters. The molecule has 3 saturated heterocycles. The lowest BCUT2D eigenvalue weighted by atomic mass is 9.82. The molecule has 7 rings (SSSR count). The van der Waals surface area contributed by atoms with Crippen molar-refractivity contribution < 1.29 is 46.8 Å². The van der Waals surface area contributed by atoms with Crippen molar-refractivity contribution in [2.45, 2.75) is 64.4 Å². The summed E-state index contributed by atoms with van der Waals surface area (Å²) in [7, 11) is 0. The van der Waals surface area contributed by atoms with Gasteiger partial charge in [0.15, 0.2) is 23.9 Å². The Kier molecular flexibility index (Phi) is 12.1. The molecule has 4 heterocycles. The molecule has 10 nitrogen and oxygen atoms in total. The average Bonchev–Trinajstić information content (AvgIpc) is 3.11. The number of halogens is 5. The van der Waals surface area contributed by atoms with Crippen LogP contribution in [0.2, 0.25) is 10.0 Å². The molecule has 2 atom stereocenters. The number of alkyl halides is 2. The molecule has 15 heteroatoms. The van der Waals surface area contributed by atoms with E-state index in [9.17, 15) is 28.7 Å². The van der Waals surface area contributed by atoms with E-state index in [1.165, 1.54) is 53.4 Å². The molecule has 1 aromatic heterocycles. The number of amides is 1. The third kappa shape index (κ3) is 8.97. The fourth-order valence-electron chi connectivity index (χ4n) is 7.15. The number of pyridine rings is 1. The van der Waals surface area contributed by atoms with E-state index in [-0.39, 0.29) is 63.3 Å². The number of fused-ring (bicyclic) bond motifs is 3. The van der Waals surface area contributed by atoms with Gasteiger partial charge in [-0.25, -0.2) is 14.0 Å². The monoisotopic (exact) mass is 787 g/mol. The lowest BCUT2D eigenvalue weighted by Gasteiger charge is -2.44. The van der Waals surface area contributed by atoms with Crippen LogP contribution >= 0.6 is 23.2 Å². The summed E-state index contributed by atoms with van der Waals surface area (Å²) in [6, 6.07) is 14.5. The smallest absolute Gasteiger partial charge is 0.415 e. The van der Waals surface area contributed by atoms with Gasteiger partial charge in [-0.1, -0.05) is 53.5 Å². The van der Waals surface area contributed by atoms with E-state index in [0.29, 0.717) is 28.0 Å². The number of aromatic nitrogens is 1. The number of hydrogen-bond acceptors (Lipinski definition) is 7. The summed E-state index contributed by atoms with van der Waals surface area (Å²) in [5.41, 5.74) is 1.22. The standard InChI is InChI=1S/C39H38Cl2F3N3O7/c1-22(2)52-35-16-25(8-10-34(35)53-38(43)44)27(17-29-30(40)19-46(51)20-31(29)41)28-15-23(7-9-26(28)37(48)49)18-47(33-6-4-3-5-32(33)42)39(50)54-36-21-45-13-11-24(36)12-14-45/h3-10,15-16,19-20,22,24,27,36,38H,11-14,17-18,21H2,1-2H3,(H,48,49)/t27-,36-/m0/s1. The Morgan fingerprint density at radius 3 is 2.31 bits per heavy atom. The molecule has 286 valence electrons. The van der Waals surface area contributed by atoms with Crippen LogP contribution in [0.25, 0.3) is 0 Å². The third-order valence-electron chi connectivity index (χ3n) is 9.69. The number of ether oxygens (including phenoxy) is 3. The number of nitrogens with zero attached hydrogens (tertiary/aromatic N) is 3. The molecule has 0 spiro atoms. The highest BCUT2D eigenvalue weighted by molar-refractivity contribution is 6.35. The number of rotatable bonds is 13. The first kappa shape index (κ1) is 39.0. The van der Waals surface area contributed by atoms with Gasteiger partial charge >= 0.3 is 18.7 Å². The number of benzene rings is 3. The molecule has 1 amide bonds.